The van der Waals surface area contributed by atoms with Crippen molar-refractivity contribution in [3.63, 3.8) is 0 Å². The van der Waals surface area contributed by atoms with Gasteiger partial charge in [-0.05, 0) is 30.7 Å². The number of rotatable bonds is 2. The summed E-state index contributed by atoms with van der Waals surface area (Å²) in [6.07, 6.45) is 3.41. The van der Waals surface area contributed by atoms with Crippen LogP contribution in [0.3, 0.4) is 0 Å². The third-order valence-corrected chi connectivity index (χ3v) is 4.64. The third kappa shape index (κ3) is 4.37. The summed E-state index contributed by atoms with van der Waals surface area (Å²) in [7, 11) is 0. The van der Waals surface area contributed by atoms with Crippen LogP contribution in [0, 0.1) is 5.92 Å². The predicted octanol–water partition coefficient (Wildman–Crippen LogP) is 2.39. The van der Waals surface area contributed by atoms with Gasteiger partial charge in [0.05, 0.1) is 0 Å². The first-order valence-electron chi connectivity index (χ1n) is 8.11. The Morgan fingerprint density at radius 2 is 1.59 bits per heavy atom. The van der Waals surface area contributed by atoms with Crippen LogP contribution in [-0.2, 0) is 6.42 Å². The van der Waals surface area contributed by atoms with Crippen LogP contribution in [0.5, 0.6) is 0 Å². The molecule has 0 aromatic heterocycles. The SMILES string of the molecule is Cl.O=C(N1CCNCC1)N1CCC(Cc2ccccc2)CC1. The van der Waals surface area contributed by atoms with Crippen molar-refractivity contribution in [3.05, 3.63) is 35.9 Å². The van der Waals surface area contributed by atoms with E-state index in [1.165, 1.54) is 5.56 Å². The molecule has 1 N–H and O–H groups in total. The molecule has 2 heterocycles. The Hall–Kier alpha value is -1.26. The standard InChI is InChI=1S/C17H25N3O.ClH/c21-17(20-12-8-18-9-13-20)19-10-6-16(7-11-19)14-15-4-2-1-3-5-15;/h1-5,16,18H,6-14H2;1H. The summed E-state index contributed by atoms with van der Waals surface area (Å²) >= 11 is 0. The van der Waals surface area contributed by atoms with Crippen molar-refractivity contribution in [3.8, 4) is 0 Å². The molecule has 0 radical (unpaired) electrons. The van der Waals surface area contributed by atoms with Gasteiger partial charge in [0, 0.05) is 39.3 Å². The van der Waals surface area contributed by atoms with Gasteiger partial charge >= 0.3 is 6.03 Å². The number of carbonyl (C=O) groups excluding carboxylic acids is 1. The van der Waals surface area contributed by atoms with E-state index in [0.29, 0.717) is 0 Å². The molecule has 2 aliphatic heterocycles. The average Bonchev–Trinajstić information content (AvgIpc) is 2.57. The lowest BCUT2D eigenvalue weighted by atomic mass is 9.90. The van der Waals surface area contributed by atoms with Gasteiger partial charge in [0.1, 0.15) is 0 Å². The molecule has 0 atom stereocenters. The third-order valence-electron chi connectivity index (χ3n) is 4.64. The van der Waals surface area contributed by atoms with Crippen LogP contribution >= 0.6 is 12.4 Å². The fourth-order valence-electron chi connectivity index (χ4n) is 3.33. The molecule has 4 nitrogen and oxygen atoms in total. The second-order valence-corrected chi connectivity index (χ2v) is 6.14. The lowest BCUT2D eigenvalue weighted by Crippen LogP contribution is -2.53. The van der Waals surface area contributed by atoms with E-state index >= 15 is 0 Å². The fraction of sp³-hybridized carbons (Fsp3) is 0.588. The van der Waals surface area contributed by atoms with Crippen molar-refractivity contribution in [2.75, 3.05) is 39.3 Å². The lowest BCUT2D eigenvalue weighted by molar-refractivity contribution is 0.127. The summed E-state index contributed by atoms with van der Waals surface area (Å²) in [6.45, 7) is 5.39. The monoisotopic (exact) mass is 323 g/mol. The molecule has 5 heteroatoms. The van der Waals surface area contributed by atoms with Crippen LogP contribution in [0.25, 0.3) is 0 Å². The van der Waals surface area contributed by atoms with E-state index in [4.69, 9.17) is 0 Å². The number of piperidine rings is 1. The van der Waals surface area contributed by atoms with E-state index in [1.54, 1.807) is 0 Å². The van der Waals surface area contributed by atoms with Gasteiger partial charge in [0.2, 0.25) is 0 Å². The molecule has 0 bridgehead atoms. The molecule has 0 unspecified atom stereocenters. The number of likely N-dealkylation sites (tertiary alicyclic amines) is 1. The van der Waals surface area contributed by atoms with Gasteiger partial charge in [-0.25, -0.2) is 4.79 Å². The van der Waals surface area contributed by atoms with Crippen LogP contribution in [-0.4, -0.2) is 55.1 Å². The van der Waals surface area contributed by atoms with E-state index < -0.39 is 0 Å². The van der Waals surface area contributed by atoms with Crippen LogP contribution in [0.2, 0.25) is 0 Å². The first-order valence-corrected chi connectivity index (χ1v) is 8.11. The minimum Gasteiger partial charge on any atom is -0.325 e. The topological polar surface area (TPSA) is 35.6 Å². The number of carbonyl (C=O) groups is 1. The summed E-state index contributed by atoms with van der Waals surface area (Å²) in [5, 5.41) is 3.29. The van der Waals surface area contributed by atoms with Crippen molar-refractivity contribution >= 4 is 18.4 Å². The number of piperazine rings is 1. The van der Waals surface area contributed by atoms with E-state index in [2.05, 4.69) is 35.6 Å². The molecule has 1 aromatic carbocycles. The van der Waals surface area contributed by atoms with Crippen LogP contribution in [0.15, 0.2) is 30.3 Å². The molecule has 2 fully saturated rings. The molecule has 0 aliphatic carbocycles. The van der Waals surface area contributed by atoms with Crippen molar-refractivity contribution in [1.29, 1.82) is 0 Å². The van der Waals surface area contributed by atoms with Crippen molar-refractivity contribution in [2.24, 2.45) is 5.92 Å². The van der Waals surface area contributed by atoms with E-state index in [9.17, 15) is 4.79 Å². The van der Waals surface area contributed by atoms with Gasteiger partial charge in [-0.2, -0.15) is 0 Å². The van der Waals surface area contributed by atoms with Crippen molar-refractivity contribution < 1.29 is 4.79 Å². The molecule has 122 valence electrons. The first kappa shape index (κ1) is 17.1. The van der Waals surface area contributed by atoms with Crippen LogP contribution < -0.4 is 5.32 Å². The van der Waals surface area contributed by atoms with Crippen LogP contribution in [0.4, 0.5) is 4.79 Å². The van der Waals surface area contributed by atoms with Crippen molar-refractivity contribution in [2.45, 2.75) is 19.3 Å². The molecule has 3 rings (SSSR count). The number of amides is 2. The summed E-state index contributed by atoms with van der Waals surface area (Å²) < 4.78 is 0. The molecule has 1 aromatic rings. The summed E-state index contributed by atoms with van der Waals surface area (Å²) in [6, 6.07) is 10.9. The van der Waals surface area contributed by atoms with Gasteiger partial charge in [0.15, 0.2) is 0 Å². The number of halogens is 1. The number of nitrogens with one attached hydrogen (secondary N) is 1. The van der Waals surface area contributed by atoms with E-state index in [0.717, 1.165) is 64.4 Å². The number of hydrogen-bond acceptors (Lipinski definition) is 2. The number of urea groups is 1. The Labute approximate surface area is 139 Å². The fourth-order valence-corrected chi connectivity index (χ4v) is 3.33. The Morgan fingerprint density at radius 3 is 2.23 bits per heavy atom. The molecular formula is C17H26ClN3O. The van der Waals surface area contributed by atoms with Crippen LogP contribution in [0.1, 0.15) is 18.4 Å². The van der Waals surface area contributed by atoms with Gasteiger partial charge in [0.25, 0.3) is 0 Å². The second kappa shape index (κ2) is 8.39. The summed E-state index contributed by atoms with van der Waals surface area (Å²) in [5.41, 5.74) is 1.42. The molecule has 2 amide bonds. The van der Waals surface area contributed by atoms with Crippen molar-refractivity contribution in [1.82, 2.24) is 15.1 Å². The first-order chi connectivity index (χ1) is 10.3. The molecule has 22 heavy (non-hydrogen) atoms. The Bertz CT molecular complexity index is 454. The zero-order valence-electron chi connectivity index (χ0n) is 13.0. The van der Waals surface area contributed by atoms with Gasteiger partial charge in [-0.1, -0.05) is 30.3 Å². The van der Waals surface area contributed by atoms with E-state index in [-0.39, 0.29) is 18.4 Å². The molecule has 0 spiro atoms. The highest BCUT2D eigenvalue weighted by atomic mass is 35.5. The normalized spacial score (nSPS) is 19.6. The lowest BCUT2D eigenvalue weighted by Gasteiger charge is -2.37. The minimum absolute atomic E-state index is 0. The average molecular weight is 324 g/mol. The Balaban J connectivity index is 0.00000176. The highest BCUT2D eigenvalue weighted by molar-refractivity contribution is 5.85. The number of nitrogens with zero attached hydrogens (tertiary/aromatic N) is 2. The maximum absolute atomic E-state index is 12.4. The zero-order valence-corrected chi connectivity index (χ0v) is 13.9. The smallest absolute Gasteiger partial charge is 0.320 e. The quantitative estimate of drug-likeness (QED) is 0.907. The summed E-state index contributed by atoms with van der Waals surface area (Å²) in [4.78, 5) is 16.5. The maximum Gasteiger partial charge on any atom is 0.320 e. The largest absolute Gasteiger partial charge is 0.325 e. The maximum atomic E-state index is 12.4. The minimum atomic E-state index is 0. The Kier molecular flexibility index (Phi) is 6.52. The number of hydrogen-bond donors (Lipinski definition) is 1. The van der Waals surface area contributed by atoms with Gasteiger partial charge in [-0.3, -0.25) is 0 Å². The Morgan fingerprint density at radius 1 is 1.00 bits per heavy atom. The summed E-state index contributed by atoms with van der Waals surface area (Å²) in [5.74, 6) is 0.722. The van der Waals surface area contributed by atoms with Gasteiger partial charge < -0.3 is 15.1 Å². The highest BCUT2D eigenvalue weighted by Gasteiger charge is 2.26. The highest BCUT2D eigenvalue weighted by Crippen LogP contribution is 2.22. The molecule has 0 saturated carbocycles. The molecular weight excluding hydrogens is 298 g/mol. The van der Waals surface area contributed by atoms with Gasteiger partial charge in [-0.15, -0.1) is 12.4 Å². The predicted molar refractivity (Wildman–Crippen MR) is 91.5 cm³/mol. The second-order valence-electron chi connectivity index (χ2n) is 6.14. The molecule has 2 saturated heterocycles. The molecule has 2 aliphatic rings. The van der Waals surface area contributed by atoms with E-state index in [1.807, 2.05) is 9.80 Å². The number of benzene rings is 1. The zero-order chi connectivity index (χ0) is 14.5.